The Labute approximate surface area is 127 Å². The Bertz CT molecular complexity index is 644. The molecule has 22 heavy (non-hydrogen) atoms. The summed E-state index contributed by atoms with van der Waals surface area (Å²) in [5.41, 5.74) is 6.12. The molecule has 8 nitrogen and oxygen atoms in total. The maximum absolute atomic E-state index is 10.9. The Hall–Kier alpha value is -2.77. The van der Waals surface area contributed by atoms with Gasteiger partial charge in [-0.25, -0.2) is 14.5 Å². The predicted octanol–water partition coefficient (Wildman–Crippen LogP) is 0.676. The lowest BCUT2D eigenvalue weighted by Gasteiger charge is -2.27. The average Bonchev–Trinajstić information content (AvgIpc) is 3.00. The maximum atomic E-state index is 10.9. The summed E-state index contributed by atoms with van der Waals surface area (Å²) in [6, 6.07) is 5.03. The van der Waals surface area contributed by atoms with Gasteiger partial charge in [0, 0.05) is 12.0 Å². The van der Waals surface area contributed by atoms with E-state index < -0.39 is 12.3 Å². The number of nitrogens with zero attached hydrogens (tertiary/aromatic N) is 3. The minimum absolute atomic E-state index is 0.393. The highest BCUT2D eigenvalue weighted by atomic mass is 16.5. The number of nitrogens with one attached hydrogen (secondary N) is 1. The molecule has 0 radical (unpaired) electrons. The molecule has 0 spiro atoms. The number of nitrogens with two attached hydrogens (primary N) is 1. The van der Waals surface area contributed by atoms with E-state index in [-0.39, 0.29) is 0 Å². The third kappa shape index (κ3) is 3.27. The summed E-state index contributed by atoms with van der Waals surface area (Å²) in [5.74, 6) is 1.50. The van der Waals surface area contributed by atoms with Gasteiger partial charge in [0.15, 0.2) is 6.23 Å². The first-order chi connectivity index (χ1) is 10.7. The molecule has 2 aromatic rings. The fourth-order valence-electron chi connectivity index (χ4n) is 2.38. The van der Waals surface area contributed by atoms with E-state index in [2.05, 4.69) is 15.4 Å². The Morgan fingerprint density at radius 3 is 3.23 bits per heavy atom. The number of primary amides is 1. The van der Waals surface area contributed by atoms with Crippen LogP contribution < -0.4 is 20.5 Å². The smallest absolute Gasteiger partial charge is 0.315 e. The molecule has 0 fully saturated rings. The van der Waals surface area contributed by atoms with E-state index in [0.29, 0.717) is 25.3 Å². The first-order valence-electron chi connectivity index (χ1n) is 7.02. The number of carbonyl (C=O) groups is 1. The van der Waals surface area contributed by atoms with Gasteiger partial charge in [-0.2, -0.15) is 5.10 Å². The van der Waals surface area contributed by atoms with Gasteiger partial charge in [0.25, 0.3) is 0 Å². The third-order valence-electron chi connectivity index (χ3n) is 3.36. The first kappa shape index (κ1) is 14.2. The number of carbonyl (C=O) groups excluding carboxylic acids is 1. The Kier molecular flexibility index (Phi) is 4.08. The van der Waals surface area contributed by atoms with Crippen molar-refractivity contribution < 1.29 is 14.3 Å². The molecular weight excluding hydrogens is 286 g/mol. The molecule has 116 valence electrons. The van der Waals surface area contributed by atoms with Crippen molar-refractivity contribution in [2.75, 3.05) is 6.61 Å². The summed E-state index contributed by atoms with van der Waals surface area (Å²) in [4.78, 5) is 14.8. The fourth-order valence-corrected chi connectivity index (χ4v) is 2.38. The number of hydrogen-bond donors (Lipinski definition) is 2. The highest BCUT2D eigenvalue weighted by molar-refractivity contribution is 5.71. The SMILES string of the molecule is NC(=O)NC1CCc2c(OCCn3cncn3)cccc2O1. The Morgan fingerprint density at radius 2 is 2.45 bits per heavy atom. The zero-order valence-corrected chi connectivity index (χ0v) is 11.9. The van der Waals surface area contributed by atoms with Gasteiger partial charge in [0.2, 0.25) is 0 Å². The monoisotopic (exact) mass is 303 g/mol. The molecule has 2 heterocycles. The second kappa shape index (κ2) is 6.33. The van der Waals surface area contributed by atoms with E-state index in [4.69, 9.17) is 15.2 Å². The van der Waals surface area contributed by atoms with E-state index in [9.17, 15) is 4.79 Å². The zero-order valence-electron chi connectivity index (χ0n) is 11.9. The number of aromatic nitrogens is 3. The third-order valence-corrected chi connectivity index (χ3v) is 3.36. The van der Waals surface area contributed by atoms with Crippen LogP contribution >= 0.6 is 0 Å². The summed E-state index contributed by atoms with van der Waals surface area (Å²) in [7, 11) is 0. The van der Waals surface area contributed by atoms with Crippen LogP contribution in [0.2, 0.25) is 0 Å². The fraction of sp³-hybridized carbons (Fsp3) is 0.357. The van der Waals surface area contributed by atoms with E-state index in [0.717, 1.165) is 17.7 Å². The molecule has 0 saturated heterocycles. The van der Waals surface area contributed by atoms with Gasteiger partial charge in [-0.1, -0.05) is 6.07 Å². The van der Waals surface area contributed by atoms with Crippen LogP contribution in [0.1, 0.15) is 12.0 Å². The molecule has 0 aliphatic carbocycles. The molecule has 0 saturated carbocycles. The van der Waals surface area contributed by atoms with E-state index in [1.165, 1.54) is 6.33 Å². The summed E-state index contributed by atoms with van der Waals surface area (Å²) < 4.78 is 13.2. The van der Waals surface area contributed by atoms with Crippen molar-refractivity contribution in [1.29, 1.82) is 0 Å². The number of ether oxygens (including phenoxy) is 2. The van der Waals surface area contributed by atoms with Crippen LogP contribution in [0.4, 0.5) is 4.79 Å². The van der Waals surface area contributed by atoms with Gasteiger partial charge in [0.05, 0.1) is 6.54 Å². The van der Waals surface area contributed by atoms with Gasteiger partial charge >= 0.3 is 6.03 Å². The summed E-state index contributed by atoms with van der Waals surface area (Å²) in [5, 5.41) is 6.58. The highest BCUT2D eigenvalue weighted by Gasteiger charge is 2.23. The van der Waals surface area contributed by atoms with E-state index in [1.807, 2.05) is 18.2 Å². The summed E-state index contributed by atoms with van der Waals surface area (Å²) in [6.07, 6.45) is 4.14. The van der Waals surface area contributed by atoms with Gasteiger partial charge in [0.1, 0.15) is 30.8 Å². The van der Waals surface area contributed by atoms with Crippen LogP contribution in [0, 0.1) is 0 Å². The molecular formula is C14H17N5O3. The molecule has 1 aliphatic heterocycles. The number of urea groups is 1. The molecule has 8 heteroatoms. The van der Waals surface area contributed by atoms with Crippen molar-refractivity contribution in [3.05, 3.63) is 36.4 Å². The minimum Gasteiger partial charge on any atom is -0.491 e. The normalized spacial score (nSPS) is 16.5. The van der Waals surface area contributed by atoms with Gasteiger partial charge in [-0.15, -0.1) is 0 Å². The van der Waals surface area contributed by atoms with E-state index in [1.54, 1.807) is 11.0 Å². The maximum Gasteiger partial charge on any atom is 0.315 e. The quantitative estimate of drug-likeness (QED) is 0.845. The lowest BCUT2D eigenvalue weighted by Crippen LogP contribution is -2.43. The van der Waals surface area contributed by atoms with Crippen molar-refractivity contribution in [3.63, 3.8) is 0 Å². The number of benzene rings is 1. The van der Waals surface area contributed by atoms with Crippen molar-refractivity contribution in [2.24, 2.45) is 5.73 Å². The molecule has 1 aromatic heterocycles. The summed E-state index contributed by atoms with van der Waals surface area (Å²) >= 11 is 0. The van der Waals surface area contributed by atoms with Crippen molar-refractivity contribution >= 4 is 6.03 Å². The highest BCUT2D eigenvalue weighted by Crippen LogP contribution is 2.34. The van der Waals surface area contributed by atoms with Crippen LogP contribution in [-0.2, 0) is 13.0 Å². The Morgan fingerprint density at radius 1 is 1.55 bits per heavy atom. The zero-order chi connectivity index (χ0) is 15.4. The number of rotatable bonds is 5. The largest absolute Gasteiger partial charge is 0.491 e. The first-order valence-corrected chi connectivity index (χ1v) is 7.02. The molecule has 2 amide bonds. The molecule has 1 atom stereocenters. The van der Waals surface area contributed by atoms with Crippen molar-refractivity contribution in [3.8, 4) is 11.5 Å². The molecule has 3 rings (SSSR count). The van der Waals surface area contributed by atoms with Gasteiger partial charge in [-0.05, 0) is 18.6 Å². The standard InChI is InChI=1S/C14H17N5O3/c15-14(20)18-13-5-4-10-11(2-1-3-12(10)22-13)21-7-6-19-9-16-8-17-19/h1-3,8-9,13H,4-7H2,(H3,15,18,20). The predicted molar refractivity (Wildman–Crippen MR) is 77.4 cm³/mol. The lowest BCUT2D eigenvalue weighted by atomic mass is 10.0. The minimum atomic E-state index is -0.589. The number of fused-ring (bicyclic) bond motifs is 1. The number of hydrogen-bond acceptors (Lipinski definition) is 5. The van der Waals surface area contributed by atoms with Gasteiger partial charge in [-0.3, -0.25) is 0 Å². The Balaban J connectivity index is 1.63. The van der Waals surface area contributed by atoms with Gasteiger partial charge < -0.3 is 20.5 Å². The second-order valence-electron chi connectivity index (χ2n) is 4.89. The second-order valence-corrected chi connectivity index (χ2v) is 4.89. The molecule has 0 bridgehead atoms. The lowest BCUT2D eigenvalue weighted by molar-refractivity contribution is 0.142. The van der Waals surface area contributed by atoms with Crippen molar-refractivity contribution in [2.45, 2.75) is 25.6 Å². The van der Waals surface area contributed by atoms with Crippen molar-refractivity contribution in [1.82, 2.24) is 20.1 Å². The molecule has 1 aromatic carbocycles. The van der Waals surface area contributed by atoms with Crippen LogP contribution in [-0.4, -0.2) is 33.6 Å². The van der Waals surface area contributed by atoms with E-state index >= 15 is 0 Å². The average molecular weight is 303 g/mol. The molecule has 1 aliphatic rings. The molecule has 1 unspecified atom stereocenters. The van der Waals surface area contributed by atoms with Crippen LogP contribution in [0.25, 0.3) is 0 Å². The molecule has 3 N–H and O–H groups in total. The van der Waals surface area contributed by atoms with Crippen LogP contribution in [0.5, 0.6) is 11.5 Å². The number of amides is 2. The summed E-state index contributed by atoms with van der Waals surface area (Å²) in [6.45, 7) is 1.11. The topological polar surface area (TPSA) is 104 Å². The van der Waals surface area contributed by atoms with Crippen LogP contribution in [0.3, 0.4) is 0 Å². The van der Waals surface area contributed by atoms with Crippen LogP contribution in [0.15, 0.2) is 30.9 Å².